The molecule has 1 aromatic heterocycles. The Bertz CT molecular complexity index is 1660. The number of amides is 4. The molecule has 206 valence electrons. The Morgan fingerprint density at radius 1 is 0.975 bits per heavy atom. The van der Waals surface area contributed by atoms with Crippen LogP contribution in [0, 0.1) is 25.5 Å². The maximum atomic E-state index is 14.1. The predicted octanol–water partition coefficient (Wildman–Crippen LogP) is 6.55. The van der Waals surface area contributed by atoms with Crippen LogP contribution in [0.4, 0.5) is 32.4 Å². The summed E-state index contributed by atoms with van der Waals surface area (Å²) in [5, 5.41) is 3.91. The van der Waals surface area contributed by atoms with Crippen LogP contribution in [-0.4, -0.2) is 28.9 Å². The van der Waals surface area contributed by atoms with E-state index in [9.17, 15) is 36.3 Å². The Balaban J connectivity index is 1.33. The number of fused-ring (bicyclic) bond motifs is 2. The number of carbonyl (C=O) groups is 3. The van der Waals surface area contributed by atoms with Crippen molar-refractivity contribution in [2.75, 3.05) is 5.32 Å². The van der Waals surface area contributed by atoms with Gasteiger partial charge in [0.15, 0.2) is 17.4 Å². The fourth-order valence-electron chi connectivity index (χ4n) is 4.64. The highest BCUT2D eigenvalue weighted by Crippen LogP contribution is 2.39. The molecule has 4 amide bonds. The number of nitrogens with one attached hydrogen (secondary N) is 2. The van der Waals surface area contributed by atoms with Crippen LogP contribution in [0.25, 0.3) is 11.0 Å². The molecule has 0 bridgehead atoms. The zero-order valence-electron chi connectivity index (χ0n) is 21.0. The van der Waals surface area contributed by atoms with E-state index >= 15 is 0 Å². The summed E-state index contributed by atoms with van der Waals surface area (Å²) in [7, 11) is 0. The number of hydrogen-bond donors (Lipinski definition) is 2. The van der Waals surface area contributed by atoms with Crippen molar-refractivity contribution in [3.63, 3.8) is 0 Å². The molecule has 0 fully saturated rings. The van der Waals surface area contributed by atoms with Crippen molar-refractivity contribution in [2.24, 2.45) is 0 Å². The van der Waals surface area contributed by atoms with E-state index in [4.69, 9.17) is 4.42 Å². The number of hydrogen-bond acceptors (Lipinski definition) is 4. The number of furan rings is 1. The van der Waals surface area contributed by atoms with Gasteiger partial charge in [0.2, 0.25) is 0 Å². The van der Waals surface area contributed by atoms with Gasteiger partial charge in [-0.2, -0.15) is 13.2 Å². The van der Waals surface area contributed by atoms with Gasteiger partial charge in [-0.05, 0) is 55.3 Å². The SMILES string of the molecule is Cc1cc(NC(=O)N[C@H](c2oc3c(F)cc(F)cc3c2C)C(F)(F)F)ccc1CN1C(=O)c2ccccc2C1=O. The van der Waals surface area contributed by atoms with Gasteiger partial charge in [0.05, 0.1) is 17.7 Å². The Morgan fingerprint density at radius 3 is 2.23 bits per heavy atom. The van der Waals surface area contributed by atoms with E-state index in [1.165, 1.54) is 25.1 Å². The highest BCUT2D eigenvalue weighted by Gasteiger charge is 2.45. The van der Waals surface area contributed by atoms with Gasteiger partial charge in [-0.1, -0.05) is 18.2 Å². The molecule has 40 heavy (non-hydrogen) atoms. The van der Waals surface area contributed by atoms with Crippen LogP contribution in [-0.2, 0) is 6.54 Å². The quantitative estimate of drug-likeness (QED) is 0.215. The number of nitrogens with zero attached hydrogens (tertiary/aromatic N) is 1. The second-order valence-corrected chi connectivity index (χ2v) is 9.31. The molecular weight excluding hydrogens is 537 g/mol. The van der Waals surface area contributed by atoms with Crippen molar-refractivity contribution in [2.45, 2.75) is 32.6 Å². The molecule has 0 unspecified atom stereocenters. The van der Waals surface area contributed by atoms with Crippen LogP contribution in [0.5, 0.6) is 0 Å². The highest BCUT2D eigenvalue weighted by atomic mass is 19.4. The van der Waals surface area contributed by atoms with Crippen molar-refractivity contribution >= 4 is 34.5 Å². The number of imide groups is 1. The van der Waals surface area contributed by atoms with Crippen LogP contribution in [0.3, 0.4) is 0 Å². The predicted molar refractivity (Wildman–Crippen MR) is 134 cm³/mol. The number of alkyl halides is 3. The number of benzene rings is 3. The van der Waals surface area contributed by atoms with E-state index < -0.39 is 53.0 Å². The van der Waals surface area contributed by atoms with Gasteiger partial charge in [-0.25, -0.2) is 13.6 Å². The Labute approximate surface area is 223 Å². The van der Waals surface area contributed by atoms with E-state index in [-0.39, 0.29) is 23.2 Å². The first-order chi connectivity index (χ1) is 18.8. The topological polar surface area (TPSA) is 91.7 Å². The molecule has 1 atom stereocenters. The lowest BCUT2D eigenvalue weighted by Gasteiger charge is -2.21. The fourth-order valence-corrected chi connectivity index (χ4v) is 4.64. The molecule has 1 aliphatic heterocycles. The summed E-state index contributed by atoms with van der Waals surface area (Å²) in [6.45, 7) is 2.82. The van der Waals surface area contributed by atoms with Crippen molar-refractivity contribution in [3.8, 4) is 0 Å². The second-order valence-electron chi connectivity index (χ2n) is 9.31. The fraction of sp³-hybridized carbons (Fsp3) is 0.179. The zero-order valence-corrected chi connectivity index (χ0v) is 21.0. The maximum absolute atomic E-state index is 14.1. The molecule has 0 saturated carbocycles. The molecule has 0 saturated heterocycles. The molecule has 5 rings (SSSR count). The van der Waals surface area contributed by atoms with Crippen LogP contribution in [0.15, 0.2) is 59.0 Å². The second kappa shape index (κ2) is 9.78. The molecule has 3 aromatic carbocycles. The molecular formula is C28H20F5N3O4. The first kappa shape index (κ1) is 26.9. The van der Waals surface area contributed by atoms with Crippen LogP contribution >= 0.6 is 0 Å². The number of halogens is 5. The Morgan fingerprint density at radius 2 is 1.62 bits per heavy atom. The summed E-state index contributed by atoms with van der Waals surface area (Å²) in [5.41, 5.74) is 1.14. The minimum absolute atomic E-state index is 0.0384. The molecule has 1 aliphatic rings. The number of carbonyl (C=O) groups excluding carboxylic acids is 3. The standard InChI is InChI=1S/C28H20F5N3O4/c1-13-9-17(8-7-15(13)12-36-25(37)18-5-3-4-6-19(18)26(36)38)34-27(39)35-24(28(31,32)33)22-14(2)20-10-16(29)11-21(30)23(20)40-22/h3-11,24H,12H2,1-2H3,(H2,34,35,39)/t24-/m1/s1. The number of urea groups is 1. The average Bonchev–Trinajstić information content (AvgIpc) is 3.33. The van der Waals surface area contributed by atoms with E-state index in [0.717, 1.165) is 11.0 Å². The lowest BCUT2D eigenvalue weighted by Crippen LogP contribution is -2.40. The summed E-state index contributed by atoms with van der Waals surface area (Å²) < 4.78 is 74.6. The molecule has 4 aromatic rings. The molecule has 2 heterocycles. The summed E-state index contributed by atoms with van der Waals surface area (Å²) in [6, 6.07) is 8.29. The number of anilines is 1. The van der Waals surface area contributed by atoms with Crippen LogP contribution in [0.2, 0.25) is 0 Å². The van der Waals surface area contributed by atoms with Gasteiger partial charge in [-0.3, -0.25) is 14.5 Å². The van der Waals surface area contributed by atoms with Crippen molar-refractivity contribution in [1.29, 1.82) is 0 Å². The van der Waals surface area contributed by atoms with Gasteiger partial charge in [0.1, 0.15) is 11.6 Å². The minimum Gasteiger partial charge on any atom is -0.455 e. The number of rotatable bonds is 5. The third-order valence-corrected chi connectivity index (χ3v) is 6.67. The first-order valence-electron chi connectivity index (χ1n) is 11.9. The lowest BCUT2D eigenvalue weighted by molar-refractivity contribution is -0.158. The first-order valence-corrected chi connectivity index (χ1v) is 11.9. The van der Waals surface area contributed by atoms with Gasteiger partial charge in [0.25, 0.3) is 11.8 Å². The lowest BCUT2D eigenvalue weighted by atomic mass is 10.1. The van der Waals surface area contributed by atoms with Gasteiger partial charge >= 0.3 is 12.2 Å². The summed E-state index contributed by atoms with van der Waals surface area (Å²) in [4.78, 5) is 39.0. The normalized spacial score (nSPS) is 14.0. The largest absolute Gasteiger partial charge is 0.455 e. The third kappa shape index (κ3) is 4.76. The monoisotopic (exact) mass is 557 g/mol. The molecule has 12 heteroatoms. The van der Waals surface area contributed by atoms with Gasteiger partial charge < -0.3 is 15.1 Å². The highest BCUT2D eigenvalue weighted by molar-refractivity contribution is 6.21. The Hall–Kier alpha value is -4.74. The summed E-state index contributed by atoms with van der Waals surface area (Å²) in [6.07, 6.45) is -5.03. The molecule has 0 radical (unpaired) electrons. The van der Waals surface area contributed by atoms with Crippen LogP contribution < -0.4 is 10.6 Å². The average molecular weight is 557 g/mol. The van der Waals surface area contributed by atoms with E-state index in [0.29, 0.717) is 28.3 Å². The minimum atomic E-state index is -5.03. The molecule has 0 spiro atoms. The van der Waals surface area contributed by atoms with Crippen molar-refractivity contribution in [1.82, 2.24) is 10.2 Å². The van der Waals surface area contributed by atoms with E-state index in [1.54, 1.807) is 36.5 Å². The Kier molecular flexibility index (Phi) is 6.56. The third-order valence-electron chi connectivity index (χ3n) is 6.67. The zero-order chi connectivity index (χ0) is 28.9. The molecule has 7 nitrogen and oxygen atoms in total. The summed E-state index contributed by atoms with van der Waals surface area (Å²) in [5.74, 6) is -3.83. The smallest absolute Gasteiger partial charge is 0.416 e. The van der Waals surface area contributed by atoms with Crippen molar-refractivity contribution < 1.29 is 40.8 Å². The van der Waals surface area contributed by atoms with Gasteiger partial charge in [0, 0.05) is 22.7 Å². The maximum Gasteiger partial charge on any atom is 0.416 e. The summed E-state index contributed by atoms with van der Waals surface area (Å²) >= 11 is 0. The van der Waals surface area contributed by atoms with Crippen molar-refractivity contribution in [3.05, 3.63) is 99.8 Å². The van der Waals surface area contributed by atoms with Crippen LogP contribution in [0.1, 0.15) is 49.2 Å². The molecule has 0 aliphatic carbocycles. The number of aryl methyl sites for hydroxylation is 2. The molecule has 2 N–H and O–H groups in total. The van der Waals surface area contributed by atoms with Gasteiger partial charge in [-0.15, -0.1) is 0 Å². The van der Waals surface area contributed by atoms with E-state index in [1.807, 2.05) is 0 Å². The van der Waals surface area contributed by atoms with E-state index in [2.05, 4.69) is 5.32 Å².